The molecule has 0 aromatic heterocycles. The first-order valence-electron chi connectivity index (χ1n) is 7.82. The van der Waals surface area contributed by atoms with Crippen LogP contribution in [0.25, 0.3) is 0 Å². The molecule has 1 atom stereocenters. The fourth-order valence-corrected chi connectivity index (χ4v) is 2.62. The van der Waals surface area contributed by atoms with E-state index in [1.807, 2.05) is 19.1 Å². The van der Waals surface area contributed by atoms with E-state index in [4.69, 9.17) is 5.73 Å². The summed E-state index contributed by atoms with van der Waals surface area (Å²) in [6, 6.07) is 5.99. The van der Waals surface area contributed by atoms with Gasteiger partial charge >= 0.3 is 0 Å². The van der Waals surface area contributed by atoms with Gasteiger partial charge in [0.1, 0.15) is 0 Å². The van der Waals surface area contributed by atoms with E-state index in [1.54, 1.807) is 0 Å². The van der Waals surface area contributed by atoms with Crippen molar-refractivity contribution in [2.45, 2.75) is 53.9 Å². The van der Waals surface area contributed by atoms with Gasteiger partial charge in [0.15, 0.2) is 0 Å². The Morgan fingerprint density at radius 1 is 1.24 bits per heavy atom. The SMILES string of the molecule is Cc1cccc(NC(=O)CCC(CCN)C(C)(C)C)c1C. The second-order valence-electron chi connectivity index (χ2n) is 6.97. The van der Waals surface area contributed by atoms with Gasteiger partial charge in [-0.1, -0.05) is 32.9 Å². The van der Waals surface area contributed by atoms with Crippen LogP contribution in [0.1, 0.15) is 51.2 Å². The molecule has 21 heavy (non-hydrogen) atoms. The van der Waals surface area contributed by atoms with Gasteiger partial charge in [-0.2, -0.15) is 0 Å². The molecule has 0 saturated carbocycles. The highest BCUT2D eigenvalue weighted by Crippen LogP contribution is 2.32. The first kappa shape index (κ1) is 17.7. The standard InChI is InChI=1S/C18H30N2O/c1-13-7-6-8-16(14(13)2)20-17(21)10-9-15(11-12-19)18(3,4)5/h6-8,15H,9-12,19H2,1-5H3,(H,20,21). The van der Waals surface area contributed by atoms with Crippen molar-refractivity contribution in [2.75, 3.05) is 11.9 Å². The van der Waals surface area contributed by atoms with Crippen LogP contribution in [0.3, 0.4) is 0 Å². The van der Waals surface area contributed by atoms with Crippen LogP contribution in [-0.4, -0.2) is 12.5 Å². The molecule has 1 aromatic rings. The summed E-state index contributed by atoms with van der Waals surface area (Å²) in [5, 5.41) is 3.03. The van der Waals surface area contributed by atoms with E-state index in [-0.39, 0.29) is 11.3 Å². The van der Waals surface area contributed by atoms with E-state index in [0.717, 1.165) is 24.1 Å². The fourth-order valence-electron chi connectivity index (χ4n) is 2.62. The Morgan fingerprint density at radius 3 is 2.48 bits per heavy atom. The Morgan fingerprint density at radius 2 is 1.90 bits per heavy atom. The summed E-state index contributed by atoms with van der Waals surface area (Å²) in [7, 11) is 0. The zero-order valence-electron chi connectivity index (χ0n) is 14.1. The second-order valence-corrected chi connectivity index (χ2v) is 6.97. The van der Waals surface area contributed by atoms with Crippen molar-refractivity contribution in [3.8, 4) is 0 Å². The zero-order chi connectivity index (χ0) is 16.0. The number of nitrogens with two attached hydrogens (primary N) is 1. The van der Waals surface area contributed by atoms with E-state index < -0.39 is 0 Å². The zero-order valence-corrected chi connectivity index (χ0v) is 14.1. The van der Waals surface area contributed by atoms with Crippen molar-refractivity contribution >= 4 is 11.6 Å². The predicted octanol–water partition coefficient (Wildman–Crippen LogP) is 4.03. The van der Waals surface area contributed by atoms with Crippen molar-refractivity contribution in [2.24, 2.45) is 17.1 Å². The Balaban J connectivity index is 2.59. The van der Waals surface area contributed by atoms with Crippen LogP contribution in [-0.2, 0) is 4.79 Å². The number of carbonyl (C=O) groups is 1. The molecule has 3 nitrogen and oxygen atoms in total. The summed E-state index contributed by atoms with van der Waals surface area (Å²) in [5.74, 6) is 0.571. The quantitative estimate of drug-likeness (QED) is 0.831. The number of anilines is 1. The van der Waals surface area contributed by atoms with E-state index in [0.29, 0.717) is 18.9 Å². The van der Waals surface area contributed by atoms with Gasteiger partial charge in [0.05, 0.1) is 0 Å². The fraction of sp³-hybridized carbons (Fsp3) is 0.611. The largest absolute Gasteiger partial charge is 0.330 e. The molecule has 1 amide bonds. The van der Waals surface area contributed by atoms with Crippen LogP contribution in [0, 0.1) is 25.2 Å². The molecule has 0 radical (unpaired) electrons. The molecule has 0 aliphatic rings. The summed E-state index contributed by atoms with van der Waals surface area (Å²) in [6.45, 7) is 11.4. The molecule has 3 heteroatoms. The van der Waals surface area contributed by atoms with E-state index in [1.165, 1.54) is 5.56 Å². The molecule has 0 bridgehead atoms. The minimum absolute atomic E-state index is 0.0926. The number of amides is 1. The van der Waals surface area contributed by atoms with Crippen LogP contribution in [0.2, 0.25) is 0 Å². The Kier molecular flexibility index (Phi) is 6.41. The monoisotopic (exact) mass is 290 g/mol. The lowest BCUT2D eigenvalue weighted by Gasteiger charge is -2.30. The molecule has 0 fully saturated rings. The Bertz CT molecular complexity index is 475. The van der Waals surface area contributed by atoms with E-state index >= 15 is 0 Å². The third-order valence-corrected chi connectivity index (χ3v) is 4.34. The van der Waals surface area contributed by atoms with Gasteiger partial charge in [0.2, 0.25) is 5.91 Å². The maximum Gasteiger partial charge on any atom is 0.224 e. The van der Waals surface area contributed by atoms with Crippen LogP contribution in [0.5, 0.6) is 0 Å². The molecule has 0 saturated heterocycles. The summed E-state index contributed by atoms with van der Waals surface area (Å²) >= 11 is 0. The number of carbonyl (C=O) groups excluding carboxylic acids is 1. The van der Waals surface area contributed by atoms with E-state index in [9.17, 15) is 4.79 Å². The molecule has 0 aliphatic carbocycles. The van der Waals surface area contributed by atoms with Gasteiger partial charge in [0.25, 0.3) is 0 Å². The molecule has 3 N–H and O–H groups in total. The molecule has 0 aliphatic heterocycles. The van der Waals surface area contributed by atoms with Gasteiger partial charge < -0.3 is 11.1 Å². The van der Waals surface area contributed by atoms with Gasteiger partial charge in [-0.15, -0.1) is 0 Å². The highest BCUT2D eigenvalue weighted by molar-refractivity contribution is 5.91. The lowest BCUT2D eigenvalue weighted by atomic mass is 9.76. The van der Waals surface area contributed by atoms with Gasteiger partial charge in [0, 0.05) is 12.1 Å². The topological polar surface area (TPSA) is 55.1 Å². The summed E-state index contributed by atoms with van der Waals surface area (Å²) in [4.78, 5) is 12.2. The third kappa shape index (κ3) is 5.50. The normalized spacial score (nSPS) is 13.0. The predicted molar refractivity (Wildman–Crippen MR) is 90.4 cm³/mol. The molecule has 0 spiro atoms. The summed E-state index contributed by atoms with van der Waals surface area (Å²) in [5.41, 5.74) is 9.14. The average Bonchev–Trinajstić information content (AvgIpc) is 2.38. The van der Waals surface area contributed by atoms with Gasteiger partial charge in [-0.05, 0) is 61.8 Å². The number of nitrogens with one attached hydrogen (secondary N) is 1. The smallest absolute Gasteiger partial charge is 0.224 e. The highest BCUT2D eigenvalue weighted by Gasteiger charge is 2.24. The Hall–Kier alpha value is -1.35. The molecule has 1 rings (SSSR count). The van der Waals surface area contributed by atoms with Crippen molar-refractivity contribution in [1.29, 1.82) is 0 Å². The lowest BCUT2D eigenvalue weighted by molar-refractivity contribution is -0.116. The number of hydrogen-bond acceptors (Lipinski definition) is 2. The minimum atomic E-state index is 0.0926. The number of benzene rings is 1. The van der Waals surface area contributed by atoms with Crippen molar-refractivity contribution in [3.63, 3.8) is 0 Å². The maximum absolute atomic E-state index is 12.2. The second kappa shape index (κ2) is 7.60. The summed E-state index contributed by atoms with van der Waals surface area (Å²) < 4.78 is 0. The maximum atomic E-state index is 12.2. The first-order valence-corrected chi connectivity index (χ1v) is 7.82. The van der Waals surface area contributed by atoms with Crippen LogP contribution in [0.4, 0.5) is 5.69 Å². The first-order chi connectivity index (χ1) is 9.75. The Labute approximate surface area is 129 Å². The number of hydrogen-bond donors (Lipinski definition) is 2. The molecular formula is C18H30N2O. The van der Waals surface area contributed by atoms with Crippen molar-refractivity contribution in [1.82, 2.24) is 0 Å². The third-order valence-electron chi connectivity index (χ3n) is 4.34. The van der Waals surface area contributed by atoms with Crippen LogP contribution in [0.15, 0.2) is 18.2 Å². The van der Waals surface area contributed by atoms with Gasteiger partial charge in [-0.25, -0.2) is 0 Å². The summed E-state index contributed by atoms with van der Waals surface area (Å²) in [6.07, 6.45) is 2.41. The van der Waals surface area contributed by atoms with E-state index in [2.05, 4.69) is 39.1 Å². The molecule has 1 unspecified atom stereocenters. The molecule has 1 aromatic carbocycles. The number of aryl methyl sites for hydroxylation is 1. The van der Waals surface area contributed by atoms with Crippen LogP contribution >= 0.6 is 0 Å². The van der Waals surface area contributed by atoms with Crippen molar-refractivity contribution < 1.29 is 4.79 Å². The number of rotatable bonds is 6. The van der Waals surface area contributed by atoms with Crippen LogP contribution < -0.4 is 11.1 Å². The highest BCUT2D eigenvalue weighted by atomic mass is 16.1. The molecule has 0 heterocycles. The molecule has 118 valence electrons. The van der Waals surface area contributed by atoms with Crippen molar-refractivity contribution in [3.05, 3.63) is 29.3 Å². The minimum Gasteiger partial charge on any atom is -0.330 e. The molecular weight excluding hydrogens is 260 g/mol. The van der Waals surface area contributed by atoms with Gasteiger partial charge in [-0.3, -0.25) is 4.79 Å². The average molecular weight is 290 g/mol. The lowest BCUT2D eigenvalue weighted by Crippen LogP contribution is -2.25.